The molecule has 2 rings (SSSR count). The van der Waals surface area contributed by atoms with Gasteiger partial charge in [0.25, 0.3) is 5.91 Å². The zero-order valence-electron chi connectivity index (χ0n) is 11.2. The summed E-state index contributed by atoms with van der Waals surface area (Å²) in [4.78, 5) is 17.6. The van der Waals surface area contributed by atoms with Crippen LogP contribution in [0.3, 0.4) is 0 Å². The number of benzene rings is 1. The Morgan fingerprint density at radius 1 is 1.35 bits per heavy atom. The summed E-state index contributed by atoms with van der Waals surface area (Å²) < 4.78 is 0. The minimum atomic E-state index is -0.526. The minimum Gasteiger partial charge on any atom is -0.365 e. The average molecular weight is 290 g/mol. The summed E-state index contributed by atoms with van der Waals surface area (Å²) in [5.74, 6) is 0.0272. The molecule has 20 heavy (non-hydrogen) atoms. The molecule has 0 bridgehead atoms. The van der Waals surface area contributed by atoms with Crippen molar-refractivity contribution < 1.29 is 4.79 Å². The maximum Gasteiger partial charge on any atom is 0.252 e. The highest BCUT2D eigenvalue weighted by Crippen LogP contribution is 2.20. The van der Waals surface area contributed by atoms with E-state index in [0.29, 0.717) is 16.4 Å². The summed E-state index contributed by atoms with van der Waals surface area (Å²) in [7, 11) is 1.88. The van der Waals surface area contributed by atoms with Crippen LogP contribution in [0.15, 0.2) is 42.6 Å². The van der Waals surface area contributed by atoms with Crippen molar-refractivity contribution in [3.63, 3.8) is 0 Å². The number of likely N-dealkylation sites (N-methyl/N-ethyl adjacent to an activating group) is 1. The number of carbonyl (C=O) groups excluding carboxylic acids is 1. The maximum atomic E-state index is 11.4. The molecule has 1 aromatic carbocycles. The summed E-state index contributed by atoms with van der Waals surface area (Å²) in [6, 6.07) is 11.7. The fraction of sp³-hybridized carbons (Fsp3) is 0.200. The first-order valence-electron chi connectivity index (χ1n) is 6.28. The van der Waals surface area contributed by atoms with Crippen LogP contribution in [0.4, 0.5) is 5.82 Å². The highest BCUT2D eigenvalue weighted by atomic mass is 35.5. The van der Waals surface area contributed by atoms with Crippen molar-refractivity contribution in [3.8, 4) is 0 Å². The summed E-state index contributed by atoms with van der Waals surface area (Å²) in [6.45, 7) is 0.735. The van der Waals surface area contributed by atoms with Gasteiger partial charge in [-0.15, -0.1) is 0 Å². The first-order valence-corrected chi connectivity index (χ1v) is 6.66. The lowest BCUT2D eigenvalue weighted by atomic mass is 10.1. The highest BCUT2D eigenvalue weighted by Gasteiger charge is 2.14. The number of carbonyl (C=O) groups is 1. The number of amides is 1. The molecule has 5 heteroatoms. The molecule has 4 nitrogen and oxygen atoms in total. The van der Waals surface area contributed by atoms with Crippen LogP contribution in [0.1, 0.15) is 15.9 Å². The first-order chi connectivity index (χ1) is 9.58. The number of hydrogen-bond acceptors (Lipinski definition) is 3. The van der Waals surface area contributed by atoms with Crippen molar-refractivity contribution in [1.82, 2.24) is 4.98 Å². The van der Waals surface area contributed by atoms with Crippen LogP contribution in [-0.2, 0) is 6.42 Å². The number of nitrogens with two attached hydrogens (primary N) is 1. The van der Waals surface area contributed by atoms with Gasteiger partial charge in [0.15, 0.2) is 0 Å². The number of nitrogens with zero attached hydrogens (tertiary/aromatic N) is 2. The summed E-state index contributed by atoms with van der Waals surface area (Å²) in [6.07, 6.45) is 2.38. The van der Waals surface area contributed by atoms with E-state index in [4.69, 9.17) is 17.3 Å². The number of pyridine rings is 1. The summed E-state index contributed by atoms with van der Waals surface area (Å²) in [5, 5.41) is 0.402. The molecule has 2 aromatic rings. The Kier molecular flexibility index (Phi) is 4.58. The van der Waals surface area contributed by atoms with Crippen molar-refractivity contribution >= 4 is 23.3 Å². The number of halogens is 1. The molecule has 0 aliphatic rings. The SMILES string of the molecule is CN(CCc1ccccc1)c1ncc(Cl)cc1C(N)=O. The quantitative estimate of drug-likeness (QED) is 0.920. The van der Waals surface area contributed by atoms with E-state index in [1.54, 1.807) is 6.07 Å². The number of rotatable bonds is 5. The van der Waals surface area contributed by atoms with Gasteiger partial charge in [0.05, 0.1) is 10.6 Å². The molecule has 0 fully saturated rings. The van der Waals surface area contributed by atoms with E-state index in [2.05, 4.69) is 17.1 Å². The van der Waals surface area contributed by atoms with Crippen LogP contribution in [0.2, 0.25) is 5.02 Å². The minimum absolute atomic E-state index is 0.341. The summed E-state index contributed by atoms with van der Waals surface area (Å²) in [5.41, 5.74) is 6.94. The van der Waals surface area contributed by atoms with Crippen LogP contribution in [0.5, 0.6) is 0 Å². The van der Waals surface area contributed by atoms with Crippen LogP contribution >= 0.6 is 11.6 Å². The molecular weight excluding hydrogens is 274 g/mol. The van der Waals surface area contributed by atoms with Crippen molar-refractivity contribution in [2.24, 2.45) is 5.73 Å². The molecule has 104 valence electrons. The molecule has 1 heterocycles. The molecule has 0 atom stereocenters. The van der Waals surface area contributed by atoms with Gasteiger partial charge >= 0.3 is 0 Å². The Hall–Kier alpha value is -2.07. The Morgan fingerprint density at radius 2 is 2.05 bits per heavy atom. The maximum absolute atomic E-state index is 11.4. The number of primary amides is 1. The van der Waals surface area contributed by atoms with Crippen LogP contribution in [-0.4, -0.2) is 24.5 Å². The van der Waals surface area contributed by atoms with E-state index in [-0.39, 0.29) is 0 Å². The highest BCUT2D eigenvalue weighted by molar-refractivity contribution is 6.31. The molecule has 1 aromatic heterocycles. The van der Waals surface area contributed by atoms with Crippen molar-refractivity contribution in [1.29, 1.82) is 0 Å². The number of hydrogen-bond donors (Lipinski definition) is 1. The standard InChI is InChI=1S/C15H16ClN3O/c1-19(8-7-11-5-3-2-4-6-11)15-13(14(17)20)9-12(16)10-18-15/h2-6,9-10H,7-8H2,1H3,(H2,17,20). The van der Waals surface area contributed by atoms with Gasteiger partial charge in [-0.25, -0.2) is 4.98 Å². The second-order valence-electron chi connectivity index (χ2n) is 4.55. The molecule has 0 saturated carbocycles. The normalized spacial score (nSPS) is 10.3. The van der Waals surface area contributed by atoms with E-state index in [0.717, 1.165) is 13.0 Å². The molecule has 0 saturated heterocycles. The molecule has 0 aliphatic carbocycles. The lowest BCUT2D eigenvalue weighted by molar-refractivity contribution is 0.100. The number of aromatic nitrogens is 1. The lowest BCUT2D eigenvalue weighted by Crippen LogP contribution is -2.25. The van der Waals surface area contributed by atoms with E-state index < -0.39 is 5.91 Å². The Balaban J connectivity index is 2.13. The van der Waals surface area contributed by atoms with Gasteiger partial charge in [0, 0.05) is 19.8 Å². The predicted molar refractivity (Wildman–Crippen MR) is 81.2 cm³/mol. The van der Waals surface area contributed by atoms with Crippen molar-refractivity contribution in [3.05, 3.63) is 58.7 Å². The lowest BCUT2D eigenvalue weighted by Gasteiger charge is -2.20. The van der Waals surface area contributed by atoms with Crippen LogP contribution in [0, 0.1) is 0 Å². The molecule has 0 aliphatic heterocycles. The second-order valence-corrected chi connectivity index (χ2v) is 4.98. The monoisotopic (exact) mass is 289 g/mol. The van der Waals surface area contributed by atoms with E-state index >= 15 is 0 Å². The molecule has 2 N–H and O–H groups in total. The third kappa shape index (κ3) is 3.48. The van der Waals surface area contributed by atoms with Gasteiger partial charge in [-0.1, -0.05) is 41.9 Å². The molecule has 0 unspecified atom stereocenters. The fourth-order valence-electron chi connectivity index (χ4n) is 1.96. The largest absolute Gasteiger partial charge is 0.365 e. The Labute approximate surface area is 123 Å². The topological polar surface area (TPSA) is 59.2 Å². The third-order valence-electron chi connectivity index (χ3n) is 3.04. The Morgan fingerprint density at radius 3 is 2.70 bits per heavy atom. The van der Waals surface area contributed by atoms with E-state index in [9.17, 15) is 4.79 Å². The van der Waals surface area contributed by atoms with E-state index in [1.807, 2.05) is 30.1 Å². The molecular formula is C15H16ClN3O. The fourth-order valence-corrected chi connectivity index (χ4v) is 2.12. The number of anilines is 1. The summed E-state index contributed by atoms with van der Waals surface area (Å²) >= 11 is 5.85. The van der Waals surface area contributed by atoms with Gasteiger partial charge in [0.1, 0.15) is 5.82 Å². The van der Waals surface area contributed by atoms with Crippen LogP contribution in [0.25, 0.3) is 0 Å². The third-order valence-corrected chi connectivity index (χ3v) is 3.25. The molecule has 0 radical (unpaired) electrons. The van der Waals surface area contributed by atoms with E-state index in [1.165, 1.54) is 11.8 Å². The van der Waals surface area contributed by atoms with Crippen molar-refractivity contribution in [2.45, 2.75) is 6.42 Å². The Bertz CT molecular complexity index is 601. The average Bonchev–Trinajstić information content (AvgIpc) is 2.45. The van der Waals surface area contributed by atoms with Crippen molar-refractivity contribution in [2.75, 3.05) is 18.5 Å². The zero-order chi connectivity index (χ0) is 14.5. The van der Waals surface area contributed by atoms with Gasteiger partial charge < -0.3 is 10.6 Å². The second kappa shape index (κ2) is 6.39. The zero-order valence-corrected chi connectivity index (χ0v) is 12.0. The first kappa shape index (κ1) is 14.3. The molecule has 0 spiro atoms. The van der Waals surface area contributed by atoms with Gasteiger partial charge in [-0.2, -0.15) is 0 Å². The predicted octanol–water partition coefficient (Wildman–Crippen LogP) is 2.51. The van der Waals surface area contributed by atoms with Gasteiger partial charge in [0.2, 0.25) is 0 Å². The smallest absolute Gasteiger partial charge is 0.252 e. The van der Waals surface area contributed by atoms with Gasteiger partial charge in [-0.3, -0.25) is 4.79 Å². The van der Waals surface area contributed by atoms with Crippen LogP contribution < -0.4 is 10.6 Å². The van der Waals surface area contributed by atoms with Gasteiger partial charge in [-0.05, 0) is 18.1 Å². The molecule has 1 amide bonds.